The number of sulfone groups is 1. The van der Waals surface area contributed by atoms with Gasteiger partial charge in [-0.25, -0.2) is 30.2 Å². The van der Waals surface area contributed by atoms with E-state index in [0.29, 0.717) is 37.5 Å². The Hall–Kier alpha value is -4.43. The highest BCUT2D eigenvalue weighted by atomic mass is 32.2. The second-order valence-corrected chi connectivity index (χ2v) is 12.5. The first-order valence-electron chi connectivity index (χ1n) is 11.1. The molecule has 5 aromatic heterocycles. The van der Waals surface area contributed by atoms with Crippen LogP contribution in [0.5, 0.6) is 0 Å². The third-order valence-corrected chi connectivity index (χ3v) is 8.06. The van der Waals surface area contributed by atoms with E-state index in [4.69, 9.17) is 0 Å². The Balaban J connectivity index is 1.53. The minimum absolute atomic E-state index is 0.00351. The molecule has 192 valence electrons. The van der Waals surface area contributed by atoms with E-state index in [1.165, 1.54) is 18.3 Å². The number of imidazole rings is 1. The fourth-order valence-corrected chi connectivity index (χ4v) is 6.66. The predicted molar refractivity (Wildman–Crippen MR) is 139 cm³/mol. The number of hydrogen-bond acceptors (Lipinski definition) is 8. The summed E-state index contributed by atoms with van der Waals surface area (Å²) in [6.45, 7) is 0. The lowest BCUT2D eigenvalue weighted by Crippen LogP contribution is -2.18. The maximum absolute atomic E-state index is 13.9. The lowest BCUT2D eigenvalue weighted by Gasteiger charge is -2.08. The minimum Gasteiger partial charge on any atom is -0.353 e. The maximum atomic E-state index is 13.9. The Morgan fingerprint density at radius 1 is 0.868 bits per heavy atom. The number of H-pyrrole nitrogens is 2. The largest absolute Gasteiger partial charge is 0.353 e. The van der Waals surface area contributed by atoms with Crippen molar-refractivity contribution >= 4 is 41.7 Å². The summed E-state index contributed by atoms with van der Waals surface area (Å²) < 4.78 is 63.9. The SMILES string of the molecule is CS(=O)(=O)c1ncc(-c2cc3c(-c4cc5c(-c6cccc(F)c6)nccc5[nH]4)n[nH]c3cn2)n1S(C)(=O)=O. The first-order valence-corrected chi connectivity index (χ1v) is 14.8. The van der Waals surface area contributed by atoms with Gasteiger partial charge in [0.05, 0.1) is 41.2 Å². The third-order valence-electron chi connectivity index (χ3n) is 5.96. The molecule has 0 radical (unpaired) electrons. The van der Waals surface area contributed by atoms with Gasteiger partial charge in [-0.05, 0) is 30.3 Å². The molecule has 0 saturated carbocycles. The summed E-state index contributed by atoms with van der Waals surface area (Å²) >= 11 is 0. The molecule has 0 aliphatic heterocycles. The number of hydrogen-bond donors (Lipinski definition) is 2. The van der Waals surface area contributed by atoms with Gasteiger partial charge in [0.1, 0.15) is 17.2 Å². The maximum Gasteiger partial charge on any atom is 0.241 e. The van der Waals surface area contributed by atoms with Crippen molar-refractivity contribution in [3.8, 4) is 34.0 Å². The number of nitrogens with one attached hydrogen (secondary N) is 2. The van der Waals surface area contributed by atoms with Gasteiger partial charge in [0, 0.05) is 34.3 Å². The molecule has 38 heavy (non-hydrogen) atoms. The highest BCUT2D eigenvalue weighted by Gasteiger charge is 2.27. The summed E-state index contributed by atoms with van der Waals surface area (Å²) in [4.78, 5) is 15.9. The first-order chi connectivity index (χ1) is 18.0. The summed E-state index contributed by atoms with van der Waals surface area (Å²) in [6, 6.07) is 11.4. The van der Waals surface area contributed by atoms with Crippen molar-refractivity contribution in [1.82, 2.24) is 34.1 Å². The molecule has 0 bridgehead atoms. The van der Waals surface area contributed by atoms with Crippen LogP contribution in [-0.4, -0.2) is 63.5 Å². The van der Waals surface area contributed by atoms with Crippen LogP contribution in [0.2, 0.25) is 0 Å². The number of halogens is 1. The Kier molecular flexibility index (Phi) is 5.22. The quantitative estimate of drug-likeness (QED) is 0.330. The van der Waals surface area contributed by atoms with Gasteiger partial charge in [-0.1, -0.05) is 12.1 Å². The third kappa shape index (κ3) is 3.94. The molecular formula is C24H18FN7O4S2. The second kappa shape index (κ2) is 8.29. The Labute approximate surface area is 215 Å². The van der Waals surface area contributed by atoms with E-state index in [0.717, 1.165) is 29.6 Å². The van der Waals surface area contributed by atoms with Gasteiger partial charge in [0.25, 0.3) is 0 Å². The van der Waals surface area contributed by atoms with Crippen molar-refractivity contribution in [2.24, 2.45) is 0 Å². The number of aromatic amines is 2. The van der Waals surface area contributed by atoms with Gasteiger partial charge in [0.2, 0.25) is 25.0 Å². The summed E-state index contributed by atoms with van der Waals surface area (Å²) in [6.07, 6.45) is 6.03. The smallest absolute Gasteiger partial charge is 0.241 e. The summed E-state index contributed by atoms with van der Waals surface area (Å²) in [5.41, 5.74) is 3.86. The molecular weight excluding hydrogens is 533 g/mol. The number of benzene rings is 1. The van der Waals surface area contributed by atoms with E-state index in [1.807, 2.05) is 6.07 Å². The molecule has 5 heterocycles. The van der Waals surface area contributed by atoms with Crippen LogP contribution < -0.4 is 0 Å². The van der Waals surface area contributed by atoms with Crippen molar-refractivity contribution in [1.29, 1.82) is 0 Å². The number of pyridine rings is 2. The molecule has 0 atom stereocenters. The summed E-state index contributed by atoms with van der Waals surface area (Å²) in [5.74, 6) is -0.372. The standard InChI is InChI=1S/C24H18FN7O4S2/c1-37(33,34)24-28-12-21(32(24)38(2,35)36)18-9-16-20(11-27-18)30-31-23(16)19-10-15-17(29-19)6-7-26-22(15)13-4-3-5-14(25)8-13/h3-12,29H,1-2H3,(H,30,31). The van der Waals surface area contributed by atoms with Crippen molar-refractivity contribution in [3.63, 3.8) is 0 Å². The van der Waals surface area contributed by atoms with E-state index in [2.05, 4.69) is 30.1 Å². The molecule has 1 aromatic carbocycles. The molecule has 0 fully saturated rings. The fourth-order valence-electron chi connectivity index (χ4n) is 4.37. The molecule has 0 aliphatic rings. The van der Waals surface area contributed by atoms with E-state index < -0.39 is 25.0 Å². The van der Waals surface area contributed by atoms with Crippen LogP contribution >= 0.6 is 0 Å². The minimum atomic E-state index is -4.03. The normalized spacial score (nSPS) is 12.5. The zero-order valence-electron chi connectivity index (χ0n) is 19.8. The predicted octanol–water partition coefficient (Wildman–Crippen LogP) is 3.38. The number of nitrogens with zero attached hydrogens (tertiary/aromatic N) is 5. The van der Waals surface area contributed by atoms with Gasteiger partial charge < -0.3 is 4.98 Å². The highest BCUT2D eigenvalue weighted by molar-refractivity contribution is 7.92. The van der Waals surface area contributed by atoms with Crippen molar-refractivity contribution in [2.45, 2.75) is 5.16 Å². The Morgan fingerprint density at radius 3 is 2.39 bits per heavy atom. The zero-order chi connectivity index (χ0) is 26.8. The lowest BCUT2D eigenvalue weighted by molar-refractivity contribution is 0.574. The van der Waals surface area contributed by atoms with Crippen LogP contribution in [0.4, 0.5) is 4.39 Å². The molecule has 14 heteroatoms. The Morgan fingerprint density at radius 2 is 1.66 bits per heavy atom. The van der Waals surface area contributed by atoms with Crippen molar-refractivity contribution < 1.29 is 21.2 Å². The van der Waals surface area contributed by atoms with Crippen LogP contribution in [0.15, 0.2) is 66.2 Å². The number of aromatic nitrogens is 7. The van der Waals surface area contributed by atoms with Gasteiger partial charge in [-0.3, -0.25) is 15.1 Å². The van der Waals surface area contributed by atoms with Gasteiger partial charge in [-0.2, -0.15) is 5.10 Å². The lowest BCUT2D eigenvalue weighted by atomic mass is 10.1. The molecule has 0 unspecified atom stereocenters. The van der Waals surface area contributed by atoms with Crippen LogP contribution in [0.25, 0.3) is 55.8 Å². The zero-order valence-corrected chi connectivity index (χ0v) is 21.5. The summed E-state index contributed by atoms with van der Waals surface area (Å²) in [5, 5.41) is 8.08. The highest BCUT2D eigenvalue weighted by Crippen LogP contribution is 2.34. The monoisotopic (exact) mass is 551 g/mol. The van der Waals surface area contributed by atoms with Gasteiger partial charge in [0.15, 0.2) is 0 Å². The topological polar surface area (TPSA) is 156 Å². The van der Waals surface area contributed by atoms with Crippen LogP contribution in [0.3, 0.4) is 0 Å². The van der Waals surface area contributed by atoms with Gasteiger partial charge in [-0.15, -0.1) is 0 Å². The van der Waals surface area contributed by atoms with Crippen molar-refractivity contribution in [3.05, 3.63) is 66.9 Å². The fraction of sp³-hybridized carbons (Fsp3) is 0.0833. The number of rotatable bonds is 5. The van der Waals surface area contributed by atoms with E-state index in [9.17, 15) is 21.2 Å². The molecule has 11 nitrogen and oxygen atoms in total. The first kappa shape index (κ1) is 23.9. The molecule has 2 N–H and O–H groups in total. The average molecular weight is 552 g/mol. The second-order valence-electron chi connectivity index (χ2n) is 8.73. The molecule has 0 amide bonds. The van der Waals surface area contributed by atoms with Crippen LogP contribution in [0.1, 0.15) is 0 Å². The summed E-state index contributed by atoms with van der Waals surface area (Å²) in [7, 11) is -7.97. The van der Waals surface area contributed by atoms with Crippen molar-refractivity contribution in [2.75, 3.05) is 12.5 Å². The molecule has 6 aromatic rings. The molecule has 0 aliphatic carbocycles. The molecule has 0 saturated heterocycles. The van der Waals surface area contributed by atoms with E-state index >= 15 is 0 Å². The number of fused-ring (bicyclic) bond motifs is 2. The van der Waals surface area contributed by atoms with E-state index in [-0.39, 0.29) is 17.2 Å². The molecule has 6 rings (SSSR count). The van der Waals surface area contributed by atoms with Gasteiger partial charge >= 0.3 is 0 Å². The van der Waals surface area contributed by atoms with Crippen LogP contribution in [0, 0.1) is 5.82 Å². The Bertz CT molecular complexity index is 2110. The van der Waals surface area contributed by atoms with E-state index in [1.54, 1.807) is 30.5 Å². The van der Waals surface area contributed by atoms with Crippen LogP contribution in [-0.2, 0) is 19.9 Å². The average Bonchev–Trinajstić information content (AvgIpc) is 3.58. The molecule has 0 spiro atoms.